The Morgan fingerprint density at radius 3 is 2.95 bits per heavy atom. The molecule has 0 radical (unpaired) electrons. The molecule has 0 spiro atoms. The summed E-state index contributed by atoms with van der Waals surface area (Å²) in [7, 11) is 0. The molecule has 2 saturated heterocycles. The molecule has 20 heavy (non-hydrogen) atoms. The molecule has 1 aromatic heterocycles. The van der Waals surface area contributed by atoms with E-state index in [1.165, 1.54) is 25.7 Å². The van der Waals surface area contributed by atoms with E-state index in [1.54, 1.807) is 6.33 Å². The Bertz CT molecular complexity index is 428. The SMILES string of the molecule is CC(CC1CCCO1)Nc1cc(N2CCCC2)ncn1. The van der Waals surface area contributed by atoms with Crippen LogP contribution >= 0.6 is 0 Å². The quantitative estimate of drug-likeness (QED) is 0.895. The van der Waals surface area contributed by atoms with Gasteiger partial charge in [0, 0.05) is 31.8 Å². The smallest absolute Gasteiger partial charge is 0.134 e. The van der Waals surface area contributed by atoms with Gasteiger partial charge in [-0.2, -0.15) is 0 Å². The van der Waals surface area contributed by atoms with Gasteiger partial charge < -0.3 is 15.0 Å². The lowest BCUT2D eigenvalue weighted by Crippen LogP contribution is -2.23. The van der Waals surface area contributed by atoms with Gasteiger partial charge in [0.2, 0.25) is 0 Å². The monoisotopic (exact) mass is 276 g/mol. The number of nitrogens with one attached hydrogen (secondary N) is 1. The number of aromatic nitrogens is 2. The number of hydrogen-bond acceptors (Lipinski definition) is 5. The largest absolute Gasteiger partial charge is 0.378 e. The predicted molar refractivity (Wildman–Crippen MR) is 80.2 cm³/mol. The summed E-state index contributed by atoms with van der Waals surface area (Å²) >= 11 is 0. The maximum absolute atomic E-state index is 5.69. The average Bonchev–Trinajstić information content (AvgIpc) is 3.11. The van der Waals surface area contributed by atoms with Crippen molar-refractivity contribution in [1.82, 2.24) is 9.97 Å². The van der Waals surface area contributed by atoms with Crippen LogP contribution in [-0.4, -0.2) is 41.8 Å². The van der Waals surface area contributed by atoms with Crippen LogP contribution in [0.5, 0.6) is 0 Å². The van der Waals surface area contributed by atoms with Crippen molar-refractivity contribution in [2.24, 2.45) is 0 Å². The van der Waals surface area contributed by atoms with Crippen molar-refractivity contribution in [1.29, 1.82) is 0 Å². The fourth-order valence-corrected chi connectivity index (χ4v) is 3.08. The highest BCUT2D eigenvalue weighted by atomic mass is 16.5. The normalized spacial score (nSPS) is 24.1. The lowest BCUT2D eigenvalue weighted by Gasteiger charge is -2.20. The van der Waals surface area contributed by atoms with Gasteiger partial charge in [-0.1, -0.05) is 0 Å². The van der Waals surface area contributed by atoms with Crippen molar-refractivity contribution >= 4 is 11.6 Å². The Balaban J connectivity index is 1.57. The minimum Gasteiger partial charge on any atom is -0.378 e. The van der Waals surface area contributed by atoms with Crippen molar-refractivity contribution in [2.45, 2.75) is 51.2 Å². The van der Waals surface area contributed by atoms with E-state index in [4.69, 9.17) is 4.74 Å². The van der Waals surface area contributed by atoms with Gasteiger partial charge in [0.1, 0.15) is 18.0 Å². The molecule has 1 aromatic rings. The van der Waals surface area contributed by atoms with Gasteiger partial charge in [-0.15, -0.1) is 0 Å². The number of rotatable bonds is 5. The third-order valence-corrected chi connectivity index (χ3v) is 4.12. The fourth-order valence-electron chi connectivity index (χ4n) is 3.08. The number of nitrogens with zero attached hydrogens (tertiary/aromatic N) is 3. The number of ether oxygens (including phenoxy) is 1. The molecular formula is C15H24N4O. The maximum Gasteiger partial charge on any atom is 0.134 e. The minimum atomic E-state index is 0.374. The molecule has 2 fully saturated rings. The summed E-state index contributed by atoms with van der Waals surface area (Å²) in [5, 5.41) is 3.47. The lowest BCUT2D eigenvalue weighted by molar-refractivity contribution is 0.101. The fraction of sp³-hybridized carbons (Fsp3) is 0.733. The van der Waals surface area contributed by atoms with Gasteiger partial charge in [0.05, 0.1) is 6.10 Å². The first kappa shape index (κ1) is 13.6. The van der Waals surface area contributed by atoms with Gasteiger partial charge in [-0.05, 0) is 39.0 Å². The Kier molecular flexibility index (Phi) is 4.35. The summed E-state index contributed by atoms with van der Waals surface area (Å²) in [6, 6.07) is 2.44. The van der Waals surface area contributed by atoms with Crippen LogP contribution in [-0.2, 0) is 4.74 Å². The van der Waals surface area contributed by atoms with Crippen LogP contribution in [0.3, 0.4) is 0 Å². The average molecular weight is 276 g/mol. The Labute approximate surface area is 120 Å². The molecule has 0 aliphatic carbocycles. The minimum absolute atomic E-state index is 0.374. The second-order valence-corrected chi connectivity index (χ2v) is 5.87. The Hall–Kier alpha value is -1.36. The molecule has 2 unspecified atom stereocenters. The number of hydrogen-bond donors (Lipinski definition) is 1. The molecule has 0 amide bonds. The van der Waals surface area contributed by atoms with E-state index >= 15 is 0 Å². The van der Waals surface area contributed by atoms with E-state index in [1.807, 2.05) is 0 Å². The van der Waals surface area contributed by atoms with Crippen LogP contribution in [0.2, 0.25) is 0 Å². The van der Waals surface area contributed by atoms with Crippen LogP contribution in [0.4, 0.5) is 11.6 Å². The third kappa shape index (κ3) is 3.39. The van der Waals surface area contributed by atoms with Crippen LogP contribution in [0.25, 0.3) is 0 Å². The summed E-state index contributed by atoms with van der Waals surface area (Å²) in [4.78, 5) is 11.0. The summed E-state index contributed by atoms with van der Waals surface area (Å²) in [5.74, 6) is 1.97. The standard InChI is InChI=1S/C15H24N4O/c1-12(9-13-5-4-8-20-13)18-14-10-15(17-11-16-14)19-6-2-3-7-19/h10-13H,2-9H2,1H3,(H,16,17,18). The Morgan fingerprint density at radius 1 is 1.35 bits per heavy atom. The molecule has 110 valence electrons. The summed E-state index contributed by atoms with van der Waals surface area (Å²) in [5.41, 5.74) is 0. The van der Waals surface area contributed by atoms with Crippen molar-refractivity contribution in [3.8, 4) is 0 Å². The van der Waals surface area contributed by atoms with Crippen LogP contribution in [0.1, 0.15) is 39.0 Å². The zero-order valence-corrected chi connectivity index (χ0v) is 12.2. The van der Waals surface area contributed by atoms with Gasteiger partial charge in [-0.25, -0.2) is 9.97 Å². The van der Waals surface area contributed by atoms with Gasteiger partial charge in [-0.3, -0.25) is 0 Å². The highest BCUT2D eigenvalue weighted by Gasteiger charge is 2.19. The zero-order chi connectivity index (χ0) is 13.8. The summed E-state index contributed by atoms with van der Waals surface area (Å²) < 4.78 is 5.69. The van der Waals surface area contributed by atoms with E-state index in [0.29, 0.717) is 12.1 Å². The molecule has 2 aliphatic heterocycles. The molecule has 2 aliphatic rings. The zero-order valence-electron chi connectivity index (χ0n) is 12.2. The lowest BCUT2D eigenvalue weighted by atomic mass is 10.1. The predicted octanol–water partition coefficient (Wildman–Crippen LogP) is 2.45. The summed E-state index contributed by atoms with van der Waals surface area (Å²) in [6.45, 7) is 5.34. The van der Waals surface area contributed by atoms with Crippen molar-refractivity contribution in [3.63, 3.8) is 0 Å². The van der Waals surface area contributed by atoms with E-state index in [0.717, 1.165) is 37.8 Å². The highest BCUT2D eigenvalue weighted by Crippen LogP contribution is 2.21. The molecular weight excluding hydrogens is 252 g/mol. The van der Waals surface area contributed by atoms with Crippen molar-refractivity contribution in [3.05, 3.63) is 12.4 Å². The van der Waals surface area contributed by atoms with Crippen molar-refractivity contribution < 1.29 is 4.74 Å². The van der Waals surface area contributed by atoms with Crippen LogP contribution in [0, 0.1) is 0 Å². The van der Waals surface area contributed by atoms with Crippen molar-refractivity contribution in [2.75, 3.05) is 29.9 Å². The van der Waals surface area contributed by atoms with E-state index < -0.39 is 0 Å². The Morgan fingerprint density at radius 2 is 2.20 bits per heavy atom. The molecule has 0 saturated carbocycles. The molecule has 5 heteroatoms. The maximum atomic E-state index is 5.69. The molecule has 0 bridgehead atoms. The number of anilines is 2. The van der Waals surface area contributed by atoms with Gasteiger partial charge in [0.25, 0.3) is 0 Å². The summed E-state index contributed by atoms with van der Waals surface area (Å²) in [6.07, 6.45) is 8.04. The van der Waals surface area contributed by atoms with E-state index in [-0.39, 0.29) is 0 Å². The first-order valence-corrected chi connectivity index (χ1v) is 7.76. The third-order valence-electron chi connectivity index (χ3n) is 4.12. The topological polar surface area (TPSA) is 50.3 Å². The van der Waals surface area contributed by atoms with E-state index in [2.05, 4.69) is 33.2 Å². The first-order chi connectivity index (χ1) is 9.81. The second-order valence-electron chi connectivity index (χ2n) is 5.87. The first-order valence-electron chi connectivity index (χ1n) is 7.76. The molecule has 0 aromatic carbocycles. The van der Waals surface area contributed by atoms with Crippen LogP contribution in [0.15, 0.2) is 12.4 Å². The van der Waals surface area contributed by atoms with Gasteiger partial charge >= 0.3 is 0 Å². The van der Waals surface area contributed by atoms with Gasteiger partial charge in [0.15, 0.2) is 0 Å². The molecule has 1 N–H and O–H groups in total. The molecule has 5 nitrogen and oxygen atoms in total. The molecule has 3 heterocycles. The van der Waals surface area contributed by atoms with Crippen LogP contribution < -0.4 is 10.2 Å². The second kappa shape index (κ2) is 6.39. The molecule has 2 atom stereocenters. The van der Waals surface area contributed by atoms with E-state index in [9.17, 15) is 0 Å². The molecule has 3 rings (SSSR count). The highest BCUT2D eigenvalue weighted by molar-refractivity contribution is 5.49.